The van der Waals surface area contributed by atoms with Crippen LogP contribution in [0, 0.1) is 5.92 Å². The summed E-state index contributed by atoms with van der Waals surface area (Å²) in [5.74, 6) is 0.703. The fourth-order valence-corrected chi connectivity index (χ4v) is 1.58. The fraction of sp³-hybridized carbons (Fsp3) is 1.00. The minimum Gasteiger partial charge on any atom is -0.379 e. The summed E-state index contributed by atoms with van der Waals surface area (Å²) < 4.78 is 5.52. The summed E-state index contributed by atoms with van der Waals surface area (Å²) in [6, 6.07) is 0.635. The molecule has 0 aliphatic rings. The zero-order valence-electron chi connectivity index (χ0n) is 9.76. The molecular weight excluding hydrogens is 162 g/mol. The molecule has 0 radical (unpaired) electrons. The highest BCUT2D eigenvalue weighted by Crippen LogP contribution is 2.11. The smallest absolute Gasteiger partial charge is 0.0518 e. The summed E-state index contributed by atoms with van der Waals surface area (Å²) in [5, 5.41) is 3.33. The first-order chi connectivity index (χ1) is 6.11. The van der Waals surface area contributed by atoms with Crippen molar-refractivity contribution in [3.8, 4) is 0 Å². The van der Waals surface area contributed by atoms with Crippen molar-refractivity contribution < 1.29 is 4.74 Å². The third-order valence-corrected chi connectivity index (χ3v) is 2.52. The molecular formula is C11H25NO. The van der Waals surface area contributed by atoms with E-state index in [0.29, 0.717) is 18.1 Å². The summed E-state index contributed by atoms with van der Waals surface area (Å²) in [4.78, 5) is 0. The van der Waals surface area contributed by atoms with Crippen LogP contribution >= 0.6 is 0 Å². The lowest BCUT2D eigenvalue weighted by molar-refractivity contribution is 0.0664. The van der Waals surface area contributed by atoms with E-state index >= 15 is 0 Å². The highest BCUT2D eigenvalue weighted by atomic mass is 16.5. The molecule has 80 valence electrons. The molecule has 0 amide bonds. The van der Waals surface area contributed by atoms with Crippen LogP contribution in [0.15, 0.2) is 0 Å². The van der Waals surface area contributed by atoms with E-state index in [1.807, 2.05) is 7.05 Å². The van der Waals surface area contributed by atoms with Gasteiger partial charge in [0.25, 0.3) is 0 Å². The molecule has 0 spiro atoms. The molecule has 0 fully saturated rings. The lowest BCUT2D eigenvalue weighted by Gasteiger charge is -2.22. The second-order valence-electron chi connectivity index (χ2n) is 3.99. The van der Waals surface area contributed by atoms with Gasteiger partial charge in [-0.2, -0.15) is 0 Å². The first-order valence-corrected chi connectivity index (χ1v) is 5.40. The van der Waals surface area contributed by atoms with Gasteiger partial charge in [-0.15, -0.1) is 0 Å². The molecule has 2 nitrogen and oxygen atoms in total. The molecule has 0 aromatic heterocycles. The Morgan fingerprint density at radius 2 is 1.85 bits per heavy atom. The second-order valence-corrected chi connectivity index (χ2v) is 3.99. The van der Waals surface area contributed by atoms with Gasteiger partial charge in [-0.25, -0.2) is 0 Å². The third kappa shape index (κ3) is 6.05. The number of hydrogen-bond donors (Lipinski definition) is 1. The Labute approximate surface area is 83.1 Å². The van der Waals surface area contributed by atoms with Crippen LogP contribution < -0.4 is 5.32 Å². The summed E-state index contributed by atoms with van der Waals surface area (Å²) in [6.45, 7) is 9.56. The Bertz CT molecular complexity index is 111. The van der Waals surface area contributed by atoms with Gasteiger partial charge in [-0.05, 0) is 39.7 Å². The molecule has 0 aliphatic carbocycles. The van der Waals surface area contributed by atoms with Gasteiger partial charge in [-0.1, -0.05) is 13.8 Å². The summed E-state index contributed by atoms with van der Waals surface area (Å²) in [5.41, 5.74) is 0. The zero-order valence-corrected chi connectivity index (χ0v) is 9.76. The van der Waals surface area contributed by atoms with Crippen molar-refractivity contribution >= 4 is 0 Å². The fourth-order valence-electron chi connectivity index (χ4n) is 1.58. The maximum Gasteiger partial charge on any atom is 0.0518 e. The first-order valence-electron chi connectivity index (χ1n) is 5.40. The van der Waals surface area contributed by atoms with Crippen molar-refractivity contribution in [2.24, 2.45) is 5.92 Å². The Morgan fingerprint density at radius 1 is 1.23 bits per heavy atom. The van der Waals surface area contributed by atoms with Gasteiger partial charge >= 0.3 is 0 Å². The van der Waals surface area contributed by atoms with Crippen molar-refractivity contribution in [1.29, 1.82) is 0 Å². The van der Waals surface area contributed by atoms with Gasteiger partial charge in [0.15, 0.2) is 0 Å². The normalized spacial score (nSPS) is 16.2. The Hall–Kier alpha value is -0.0800. The van der Waals surface area contributed by atoms with Crippen LogP contribution in [0.2, 0.25) is 0 Å². The lowest BCUT2D eigenvalue weighted by Crippen LogP contribution is -2.32. The molecule has 0 saturated carbocycles. The zero-order chi connectivity index (χ0) is 10.3. The minimum absolute atomic E-state index is 0.363. The van der Waals surface area contributed by atoms with E-state index < -0.39 is 0 Å². The van der Waals surface area contributed by atoms with Gasteiger partial charge in [0.1, 0.15) is 0 Å². The first kappa shape index (κ1) is 12.9. The Morgan fingerprint density at radius 3 is 2.23 bits per heavy atom. The molecule has 0 rings (SSSR count). The molecule has 1 N–H and O–H groups in total. The van der Waals surface area contributed by atoms with E-state index in [1.54, 1.807) is 0 Å². The Balaban J connectivity index is 3.53. The van der Waals surface area contributed by atoms with Crippen LogP contribution in [0.25, 0.3) is 0 Å². The van der Waals surface area contributed by atoms with Crippen molar-refractivity contribution in [3.63, 3.8) is 0 Å². The van der Waals surface area contributed by atoms with Crippen LogP contribution in [0.1, 0.15) is 40.5 Å². The van der Waals surface area contributed by atoms with Gasteiger partial charge in [0, 0.05) is 12.6 Å². The topological polar surface area (TPSA) is 21.3 Å². The summed E-state index contributed by atoms with van der Waals surface area (Å²) in [6.07, 6.45) is 2.71. The monoisotopic (exact) mass is 187 g/mol. The Kier molecular flexibility index (Phi) is 7.29. The van der Waals surface area contributed by atoms with E-state index in [1.165, 1.54) is 6.42 Å². The molecule has 2 atom stereocenters. The summed E-state index contributed by atoms with van der Waals surface area (Å²) >= 11 is 0. The largest absolute Gasteiger partial charge is 0.379 e. The van der Waals surface area contributed by atoms with E-state index in [4.69, 9.17) is 4.74 Å². The van der Waals surface area contributed by atoms with E-state index in [-0.39, 0.29) is 0 Å². The molecule has 0 aromatic rings. The average molecular weight is 187 g/mol. The van der Waals surface area contributed by atoms with Gasteiger partial charge in [0.2, 0.25) is 0 Å². The summed E-state index contributed by atoms with van der Waals surface area (Å²) in [7, 11) is 2.04. The molecule has 13 heavy (non-hydrogen) atoms. The molecule has 2 heteroatoms. The third-order valence-electron chi connectivity index (χ3n) is 2.52. The quantitative estimate of drug-likeness (QED) is 0.661. The molecule has 2 unspecified atom stereocenters. The highest BCUT2D eigenvalue weighted by Gasteiger charge is 2.12. The van der Waals surface area contributed by atoms with E-state index in [9.17, 15) is 0 Å². The van der Waals surface area contributed by atoms with Crippen LogP contribution in [0.3, 0.4) is 0 Å². The molecule has 0 heterocycles. The number of rotatable bonds is 7. The second kappa shape index (κ2) is 7.34. The van der Waals surface area contributed by atoms with Crippen molar-refractivity contribution in [2.75, 3.05) is 13.7 Å². The number of nitrogens with one attached hydrogen (secondary N) is 1. The van der Waals surface area contributed by atoms with Crippen LogP contribution in [0.4, 0.5) is 0 Å². The van der Waals surface area contributed by atoms with Crippen LogP contribution in [-0.2, 0) is 4.74 Å². The molecule has 0 saturated heterocycles. The van der Waals surface area contributed by atoms with Gasteiger partial charge < -0.3 is 10.1 Å². The van der Waals surface area contributed by atoms with Crippen molar-refractivity contribution in [2.45, 2.75) is 52.7 Å². The lowest BCUT2D eigenvalue weighted by atomic mass is 9.97. The van der Waals surface area contributed by atoms with E-state index in [0.717, 1.165) is 13.0 Å². The van der Waals surface area contributed by atoms with Crippen LogP contribution in [-0.4, -0.2) is 25.8 Å². The average Bonchev–Trinajstić information content (AvgIpc) is 2.05. The molecule has 0 aliphatic heterocycles. The standard InChI is InChI=1S/C11H25NO/c1-6-11(12-5)10(4)7-8-13-9(2)3/h9-12H,6-8H2,1-5H3. The predicted molar refractivity (Wildman–Crippen MR) is 58.0 cm³/mol. The van der Waals surface area contributed by atoms with Crippen molar-refractivity contribution in [1.82, 2.24) is 5.32 Å². The van der Waals surface area contributed by atoms with Gasteiger partial charge in [0.05, 0.1) is 6.10 Å². The van der Waals surface area contributed by atoms with E-state index in [2.05, 4.69) is 33.0 Å². The number of ether oxygens (including phenoxy) is 1. The minimum atomic E-state index is 0.363. The highest BCUT2D eigenvalue weighted by molar-refractivity contribution is 4.69. The number of hydrogen-bond acceptors (Lipinski definition) is 2. The molecule has 0 bridgehead atoms. The molecule has 0 aromatic carbocycles. The maximum atomic E-state index is 5.52. The van der Waals surface area contributed by atoms with Gasteiger partial charge in [-0.3, -0.25) is 0 Å². The predicted octanol–water partition coefficient (Wildman–Crippen LogP) is 2.44. The SMILES string of the molecule is CCC(NC)C(C)CCOC(C)C. The van der Waals surface area contributed by atoms with Crippen LogP contribution in [0.5, 0.6) is 0 Å². The maximum absolute atomic E-state index is 5.52. The van der Waals surface area contributed by atoms with Crippen molar-refractivity contribution in [3.05, 3.63) is 0 Å².